The van der Waals surface area contributed by atoms with Crippen LogP contribution in [0.4, 0.5) is 10.1 Å². The molecule has 0 saturated heterocycles. The van der Waals surface area contributed by atoms with Crippen LogP contribution in [0.3, 0.4) is 0 Å². The van der Waals surface area contributed by atoms with Crippen LogP contribution in [0.15, 0.2) is 91.3 Å². The van der Waals surface area contributed by atoms with Gasteiger partial charge in [0.25, 0.3) is 5.91 Å². The van der Waals surface area contributed by atoms with E-state index >= 15 is 0 Å². The summed E-state index contributed by atoms with van der Waals surface area (Å²) in [7, 11) is 0. The highest BCUT2D eigenvalue weighted by molar-refractivity contribution is 6.03. The fourth-order valence-electron chi connectivity index (χ4n) is 2.80. The zero-order valence-corrected chi connectivity index (χ0v) is 16.0. The molecule has 0 aliphatic rings. The van der Waals surface area contributed by atoms with Crippen molar-refractivity contribution in [1.82, 2.24) is 9.97 Å². The van der Waals surface area contributed by atoms with Gasteiger partial charge in [-0.25, -0.2) is 14.4 Å². The first-order valence-electron chi connectivity index (χ1n) is 9.33. The lowest BCUT2D eigenvalue weighted by Gasteiger charge is -2.09. The molecule has 30 heavy (non-hydrogen) atoms. The van der Waals surface area contributed by atoms with E-state index in [4.69, 9.17) is 4.74 Å². The van der Waals surface area contributed by atoms with Crippen LogP contribution in [-0.2, 0) is 6.61 Å². The molecule has 0 unspecified atom stereocenters. The fraction of sp³-hybridized carbons (Fsp3) is 0.0417. The molecule has 1 amide bonds. The molecular weight excluding hydrogens is 381 g/mol. The number of carbonyl (C=O) groups excluding carboxylic acids is 1. The van der Waals surface area contributed by atoms with Crippen molar-refractivity contribution in [2.24, 2.45) is 0 Å². The molecule has 6 heteroatoms. The van der Waals surface area contributed by atoms with Gasteiger partial charge in [-0.1, -0.05) is 42.5 Å². The third-order valence-electron chi connectivity index (χ3n) is 4.36. The topological polar surface area (TPSA) is 64.1 Å². The number of amides is 1. The van der Waals surface area contributed by atoms with E-state index < -0.39 is 0 Å². The van der Waals surface area contributed by atoms with Gasteiger partial charge in [0.15, 0.2) is 5.82 Å². The number of ether oxygens (including phenoxy) is 1. The van der Waals surface area contributed by atoms with Gasteiger partial charge < -0.3 is 10.1 Å². The number of nitrogens with zero attached hydrogens (tertiary/aromatic N) is 2. The van der Waals surface area contributed by atoms with E-state index in [2.05, 4.69) is 15.3 Å². The molecule has 0 spiro atoms. The third-order valence-corrected chi connectivity index (χ3v) is 4.36. The van der Waals surface area contributed by atoms with Gasteiger partial charge in [0.05, 0.1) is 5.56 Å². The molecule has 0 radical (unpaired) electrons. The van der Waals surface area contributed by atoms with Crippen LogP contribution in [0.5, 0.6) is 5.75 Å². The predicted molar refractivity (Wildman–Crippen MR) is 113 cm³/mol. The average molecular weight is 399 g/mol. The number of aromatic nitrogens is 2. The van der Waals surface area contributed by atoms with Gasteiger partial charge in [0.2, 0.25) is 0 Å². The van der Waals surface area contributed by atoms with Crippen molar-refractivity contribution in [2.45, 2.75) is 6.61 Å². The van der Waals surface area contributed by atoms with Gasteiger partial charge in [-0.15, -0.1) is 0 Å². The number of anilines is 1. The molecule has 1 heterocycles. The van der Waals surface area contributed by atoms with Crippen molar-refractivity contribution in [3.05, 3.63) is 108 Å². The first kappa shape index (κ1) is 19.3. The summed E-state index contributed by atoms with van der Waals surface area (Å²) >= 11 is 0. The average Bonchev–Trinajstić information content (AvgIpc) is 2.79. The molecular formula is C24H18FN3O2. The summed E-state index contributed by atoms with van der Waals surface area (Å²) in [4.78, 5) is 20.8. The smallest absolute Gasteiger partial charge is 0.258 e. The Balaban J connectivity index is 1.36. The normalized spacial score (nSPS) is 10.4. The maximum absolute atomic E-state index is 13.3. The highest BCUT2D eigenvalue weighted by Crippen LogP contribution is 2.19. The van der Waals surface area contributed by atoms with Crippen molar-refractivity contribution < 1.29 is 13.9 Å². The van der Waals surface area contributed by atoms with Crippen LogP contribution in [0.2, 0.25) is 0 Å². The maximum Gasteiger partial charge on any atom is 0.258 e. The lowest BCUT2D eigenvalue weighted by atomic mass is 10.2. The quantitative estimate of drug-likeness (QED) is 0.489. The van der Waals surface area contributed by atoms with Crippen molar-refractivity contribution in [1.29, 1.82) is 0 Å². The van der Waals surface area contributed by atoms with Gasteiger partial charge in [-0.2, -0.15) is 0 Å². The molecule has 148 valence electrons. The SMILES string of the molecule is O=C(Nc1ccc(OCc2ccccc2)cc1)c1cnc(-c2cccc(F)c2)nc1. The van der Waals surface area contributed by atoms with E-state index in [1.165, 1.54) is 24.5 Å². The van der Waals surface area contributed by atoms with E-state index in [0.717, 1.165) is 5.56 Å². The van der Waals surface area contributed by atoms with Gasteiger partial charge in [-0.3, -0.25) is 4.79 Å². The Labute approximate surface area is 173 Å². The van der Waals surface area contributed by atoms with Crippen LogP contribution >= 0.6 is 0 Å². The molecule has 0 saturated carbocycles. The standard InChI is InChI=1S/C24H18FN3O2/c25-20-8-4-7-18(13-20)23-26-14-19(15-27-23)24(29)28-21-9-11-22(12-10-21)30-16-17-5-2-1-3-6-17/h1-15H,16H2,(H,28,29). The molecule has 0 fully saturated rings. The van der Waals surface area contributed by atoms with Crippen molar-refractivity contribution in [3.8, 4) is 17.1 Å². The highest BCUT2D eigenvalue weighted by Gasteiger charge is 2.09. The largest absolute Gasteiger partial charge is 0.489 e. The Bertz CT molecular complexity index is 1130. The summed E-state index contributed by atoms with van der Waals surface area (Å²) < 4.78 is 19.1. The lowest BCUT2D eigenvalue weighted by molar-refractivity contribution is 0.102. The lowest BCUT2D eigenvalue weighted by Crippen LogP contribution is -2.12. The zero-order chi connectivity index (χ0) is 20.8. The third kappa shape index (κ3) is 4.86. The highest BCUT2D eigenvalue weighted by atomic mass is 19.1. The summed E-state index contributed by atoms with van der Waals surface area (Å²) in [6, 6.07) is 23.0. The molecule has 1 aromatic heterocycles. The summed E-state index contributed by atoms with van der Waals surface area (Å²) in [5.41, 5.74) is 2.56. The van der Waals surface area contributed by atoms with Crippen LogP contribution in [-0.4, -0.2) is 15.9 Å². The summed E-state index contributed by atoms with van der Waals surface area (Å²) in [5.74, 6) is 0.360. The molecule has 5 nitrogen and oxygen atoms in total. The monoisotopic (exact) mass is 399 g/mol. The van der Waals surface area contributed by atoms with Crippen LogP contribution < -0.4 is 10.1 Å². The number of benzene rings is 3. The van der Waals surface area contributed by atoms with Gasteiger partial charge in [-0.05, 0) is 42.0 Å². The summed E-state index contributed by atoms with van der Waals surface area (Å²) in [6.45, 7) is 0.474. The van der Waals surface area contributed by atoms with Crippen LogP contribution in [0, 0.1) is 5.82 Å². The van der Waals surface area contributed by atoms with Gasteiger partial charge in [0, 0.05) is 23.6 Å². The second kappa shape index (κ2) is 8.96. The first-order chi connectivity index (χ1) is 14.7. The maximum atomic E-state index is 13.3. The van der Waals surface area contributed by atoms with Crippen molar-refractivity contribution >= 4 is 11.6 Å². The molecule has 0 aliphatic heterocycles. The predicted octanol–water partition coefficient (Wildman–Crippen LogP) is 5.11. The molecule has 3 aromatic carbocycles. The number of hydrogen-bond acceptors (Lipinski definition) is 4. The molecule has 0 aliphatic carbocycles. The number of rotatable bonds is 6. The molecule has 0 atom stereocenters. The summed E-state index contributed by atoms with van der Waals surface area (Å²) in [6.07, 6.45) is 2.83. The molecule has 4 aromatic rings. The Kier molecular flexibility index (Phi) is 5.75. The second-order valence-corrected chi connectivity index (χ2v) is 6.56. The molecule has 4 rings (SSSR count). The van der Waals surface area contributed by atoms with E-state index in [1.807, 2.05) is 30.3 Å². The van der Waals surface area contributed by atoms with Gasteiger partial charge >= 0.3 is 0 Å². The minimum Gasteiger partial charge on any atom is -0.489 e. The number of halogens is 1. The minimum absolute atomic E-state index is 0.305. The van der Waals surface area contributed by atoms with Crippen LogP contribution in [0.1, 0.15) is 15.9 Å². The van der Waals surface area contributed by atoms with Crippen molar-refractivity contribution in [3.63, 3.8) is 0 Å². The zero-order valence-electron chi connectivity index (χ0n) is 16.0. The Morgan fingerprint density at radius 1 is 0.900 bits per heavy atom. The van der Waals surface area contributed by atoms with E-state index in [-0.39, 0.29) is 11.7 Å². The Morgan fingerprint density at radius 3 is 2.33 bits per heavy atom. The van der Waals surface area contributed by atoms with E-state index in [9.17, 15) is 9.18 Å². The molecule has 1 N–H and O–H groups in total. The number of carbonyl (C=O) groups is 1. The van der Waals surface area contributed by atoms with Gasteiger partial charge in [0.1, 0.15) is 18.2 Å². The Morgan fingerprint density at radius 2 is 1.63 bits per heavy atom. The number of nitrogens with one attached hydrogen (secondary N) is 1. The molecule has 0 bridgehead atoms. The number of hydrogen-bond donors (Lipinski definition) is 1. The van der Waals surface area contributed by atoms with Crippen molar-refractivity contribution in [2.75, 3.05) is 5.32 Å². The minimum atomic E-state index is -0.367. The van der Waals surface area contributed by atoms with E-state index in [1.54, 1.807) is 36.4 Å². The van der Waals surface area contributed by atoms with E-state index in [0.29, 0.717) is 35.0 Å². The fourth-order valence-corrected chi connectivity index (χ4v) is 2.80. The first-order valence-corrected chi connectivity index (χ1v) is 9.33. The Hall–Kier alpha value is -4.06. The summed E-state index contributed by atoms with van der Waals surface area (Å²) in [5, 5.41) is 2.79. The van der Waals surface area contributed by atoms with Crippen LogP contribution in [0.25, 0.3) is 11.4 Å². The second-order valence-electron chi connectivity index (χ2n) is 6.56.